The molecule has 7 N–H and O–H groups in total. The molecule has 1 aromatic rings. The zero-order valence-electron chi connectivity index (χ0n) is 18.5. The van der Waals surface area contributed by atoms with Gasteiger partial charge in [-0.3, -0.25) is 29.5 Å². The van der Waals surface area contributed by atoms with Crippen LogP contribution in [0.3, 0.4) is 0 Å². The fourth-order valence-electron chi connectivity index (χ4n) is 3.53. The quantitative estimate of drug-likeness (QED) is 0.0932. The zero-order chi connectivity index (χ0) is 24.4. The minimum atomic E-state index is -0.913. The Morgan fingerprint density at radius 2 is 1.97 bits per heavy atom. The molecule has 1 aromatic carbocycles. The lowest BCUT2D eigenvalue weighted by Gasteiger charge is -2.26. The van der Waals surface area contributed by atoms with E-state index in [2.05, 4.69) is 20.9 Å². The van der Waals surface area contributed by atoms with Crippen molar-refractivity contribution in [3.63, 3.8) is 0 Å². The third-order valence-electron chi connectivity index (χ3n) is 5.13. The number of hydrogen-bond donors (Lipinski definition) is 5. The summed E-state index contributed by atoms with van der Waals surface area (Å²) >= 11 is 0. The molecule has 33 heavy (non-hydrogen) atoms. The molecule has 1 aliphatic rings. The average molecular weight is 463 g/mol. The molecule has 0 aromatic heterocycles. The molecule has 0 spiro atoms. The van der Waals surface area contributed by atoms with Gasteiger partial charge in [-0.15, -0.1) is 0 Å². The van der Waals surface area contributed by atoms with E-state index in [1.807, 2.05) is 0 Å². The number of amides is 3. The van der Waals surface area contributed by atoms with Gasteiger partial charge in [0.05, 0.1) is 11.5 Å². The number of carbonyl (C=O) groups is 3. The molecule has 1 saturated heterocycles. The number of nitro groups is 1. The van der Waals surface area contributed by atoms with Crippen LogP contribution in [0.4, 0.5) is 11.4 Å². The van der Waals surface area contributed by atoms with Gasteiger partial charge in [0, 0.05) is 30.9 Å². The van der Waals surface area contributed by atoms with Crippen LogP contribution in [0.25, 0.3) is 0 Å². The first kappa shape index (κ1) is 25.5. The highest BCUT2D eigenvalue weighted by Crippen LogP contribution is 2.19. The van der Waals surface area contributed by atoms with Gasteiger partial charge in [0.1, 0.15) is 12.1 Å². The molecule has 13 heteroatoms. The first-order valence-corrected chi connectivity index (χ1v) is 10.6. The second-order valence-corrected chi connectivity index (χ2v) is 7.58. The smallest absolute Gasteiger partial charge is 0.269 e. The van der Waals surface area contributed by atoms with Gasteiger partial charge >= 0.3 is 0 Å². The number of nitro benzene ring substituents is 1. The number of aliphatic imine (C=N–C) groups is 1. The number of likely N-dealkylation sites (N-methyl/N-ethyl adjacent to an activating group) is 1. The lowest BCUT2D eigenvalue weighted by molar-refractivity contribution is -0.384. The van der Waals surface area contributed by atoms with E-state index in [1.54, 1.807) is 7.05 Å². The summed E-state index contributed by atoms with van der Waals surface area (Å²) in [6, 6.07) is 3.78. The molecular formula is C20H30N8O5. The summed E-state index contributed by atoms with van der Waals surface area (Å²) in [4.78, 5) is 53.8. The number of hydrogen-bond acceptors (Lipinski definition) is 7. The second kappa shape index (κ2) is 12.3. The summed E-state index contributed by atoms with van der Waals surface area (Å²) in [5.74, 6) is -1.17. The number of nitrogens with zero attached hydrogens (tertiary/aromatic N) is 3. The molecule has 0 saturated carbocycles. The van der Waals surface area contributed by atoms with Crippen LogP contribution < -0.4 is 27.4 Å². The molecule has 13 nitrogen and oxygen atoms in total. The van der Waals surface area contributed by atoms with Crippen LogP contribution in [0.1, 0.15) is 25.7 Å². The van der Waals surface area contributed by atoms with Gasteiger partial charge in [0.15, 0.2) is 5.96 Å². The number of nitrogens with one attached hydrogen (secondary N) is 3. The molecule has 1 fully saturated rings. The second-order valence-electron chi connectivity index (χ2n) is 7.58. The molecule has 180 valence electrons. The van der Waals surface area contributed by atoms with E-state index in [4.69, 9.17) is 11.5 Å². The van der Waals surface area contributed by atoms with Crippen molar-refractivity contribution < 1.29 is 19.3 Å². The fraction of sp³-hybridized carbons (Fsp3) is 0.500. The maximum Gasteiger partial charge on any atom is 0.269 e. The van der Waals surface area contributed by atoms with Crippen molar-refractivity contribution in [3.8, 4) is 0 Å². The summed E-state index contributed by atoms with van der Waals surface area (Å²) in [5, 5.41) is 19.0. The Morgan fingerprint density at radius 1 is 1.27 bits per heavy atom. The van der Waals surface area contributed by atoms with Crippen LogP contribution in [0.5, 0.6) is 0 Å². The third-order valence-corrected chi connectivity index (χ3v) is 5.13. The van der Waals surface area contributed by atoms with Gasteiger partial charge in [-0.05, 0) is 44.9 Å². The first-order valence-electron chi connectivity index (χ1n) is 10.6. The Labute approximate surface area is 191 Å². The van der Waals surface area contributed by atoms with Crippen molar-refractivity contribution >= 4 is 35.1 Å². The number of carbonyl (C=O) groups excluding carboxylic acids is 3. The topological polar surface area (TPSA) is 198 Å². The maximum absolute atomic E-state index is 12.9. The Morgan fingerprint density at radius 3 is 2.58 bits per heavy atom. The Hall–Kier alpha value is -3.74. The van der Waals surface area contributed by atoms with Gasteiger partial charge in [0.25, 0.3) is 5.69 Å². The van der Waals surface area contributed by atoms with Crippen molar-refractivity contribution in [2.45, 2.75) is 37.8 Å². The number of rotatable bonds is 11. The minimum Gasteiger partial charge on any atom is -0.370 e. The van der Waals surface area contributed by atoms with E-state index in [-0.39, 0.29) is 37.1 Å². The van der Waals surface area contributed by atoms with Crippen LogP contribution in [-0.2, 0) is 14.4 Å². The highest BCUT2D eigenvalue weighted by Gasteiger charge is 2.35. The monoisotopic (exact) mass is 462 g/mol. The normalized spacial score (nSPS) is 16.0. The average Bonchev–Trinajstić information content (AvgIpc) is 3.26. The van der Waals surface area contributed by atoms with Crippen LogP contribution in [0, 0.1) is 10.1 Å². The largest absolute Gasteiger partial charge is 0.370 e. The van der Waals surface area contributed by atoms with Crippen molar-refractivity contribution in [3.05, 3.63) is 34.4 Å². The van der Waals surface area contributed by atoms with Gasteiger partial charge in [-0.25, -0.2) is 0 Å². The molecular weight excluding hydrogens is 432 g/mol. The van der Waals surface area contributed by atoms with E-state index in [0.717, 1.165) is 0 Å². The predicted molar refractivity (Wildman–Crippen MR) is 122 cm³/mol. The molecule has 0 unspecified atom stereocenters. The van der Waals surface area contributed by atoms with E-state index >= 15 is 0 Å². The standard InChI is InChI=1S/C20H30N8O5/c1-23-12-17(29)27-11-3-5-16(27)19(31)26-15(4-2-10-24-20(21)22)18(30)25-13-6-8-14(9-7-13)28(32)33/h6-9,15-16,23H,2-5,10-12H2,1H3,(H,25,30)(H,26,31)(H4,21,22,24)/t15-,16-/m1/s1. The third kappa shape index (κ3) is 7.71. The summed E-state index contributed by atoms with van der Waals surface area (Å²) in [5.41, 5.74) is 10.9. The Balaban J connectivity index is 2.09. The van der Waals surface area contributed by atoms with Crippen molar-refractivity contribution in [1.82, 2.24) is 15.5 Å². The molecule has 3 amide bonds. The van der Waals surface area contributed by atoms with Gasteiger partial charge in [-0.2, -0.15) is 0 Å². The SMILES string of the molecule is CNCC(=O)N1CCC[C@@H]1C(=O)N[C@H](CCCN=C(N)N)C(=O)Nc1ccc([N+](=O)[O-])cc1. The number of likely N-dealkylation sites (tertiary alicyclic amines) is 1. The fourth-order valence-corrected chi connectivity index (χ4v) is 3.53. The minimum absolute atomic E-state index is 0.0736. The Bertz CT molecular complexity index is 885. The van der Waals surface area contributed by atoms with Crippen molar-refractivity contribution in [1.29, 1.82) is 0 Å². The van der Waals surface area contributed by atoms with E-state index < -0.39 is 28.8 Å². The van der Waals surface area contributed by atoms with Crippen LogP contribution in [0.2, 0.25) is 0 Å². The number of benzene rings is 1. The molecule has 1 aliphatic heterocycles. The van der Waals surface area contributed by atoms with Gasteiger partial charge in [0.2, 0.25) is 17.7 Å². The highest BCUT2D eigenvalue weighted by molar-refractivity contribution is 5.98. The first-order chi connectivity index (χ1) is 15.7. The summed E-state index contributed by atoms with van der Waals surface area (Å²) in [6.07, 6.45) is 1.87. The van der Waals surface area contributed by atoms with Crippen LogP contribution in [-0.4, -0.2) is 72.3 Å². The van der Waals surface area contributed by atoms with Crippen molar-refractivity contribution in [2.24, 2.45) is 16.5 Å². The molecule has 0 bridgehead atoms. The summed E-state index contributed by atoms with van der Waals surface area (Å²) in [6.45, 7) is 0.866. The Kier molecular flexibility index (Phi) is 9.54. The van der Waals surface area contributed by atoms with E-state index in [0.29, 0.717) is 31.5 Å². The number of guanidine groups is 1. The van der Waals surface area contributed by atoms with Gasteiger partial charge in [-0.1, -0.05) is 0 Å². The van der Waals surface area contributed by atoms with E-state index in [1.165, 1.54) is 29.2 Å². The highest BCUT2D eigenvalue weighted by atomic mass is 16.6. The summed E-state index contributed by atoms with van der Waals surface area (Å²) < 4.78 is 0. The van der Waals surface area contributed by atoms with Gasteiger partial charge < -0.3 is 32.3 Å². The number of nitrogens with two attached hydrogens (primary N) is 2. The molecule has 2 rings (SSSR count). The summed E-state index contributed by atoms with van der Waals surface area (Å²) in [7, 11) is 1.65. The maximum atomic E-state index is 12.9. The number of anilines is 1. The van der Waals surface area contributed by atoms with Crippen LogP contribution >= 0.6 is 0 Å². The molecule has 0 radical (unpaired) electrons. The lowest BCUT2D eigenvalue weighted by Crippen LogP contribution is -2.53. The molecule has 1 heterocycles. The number of non-ortho nitro benzene ring substituents is 1. The zero-order valence-corrected chi connectivity index (χ0v) is 18.5. The van der Waals surface area contributed by atoms with E-state index in [9.17, 15) is 24.5 Å². The molecule has 2 atom stereocenters. The predicted octanol–water partition coefficient (Wildman–Crippen LogP) is -0.718. The van der Waals surface area contributed by atoms with Crippen molar-refractivity contribution in [2.75, 3.05) is 32.0 Å². The lowest BCUT2D eigenvalue weighted by atomic mass is 10.1. The molecule has 0 aliphatic carbocycles. The van der Waals surface area contributed by atoms with Crippen LogP contribution in [0.15, 0.2) is 29.3 Å².